The monoisotopic (exact) mass is 465 g/mol. The number of benzene rings is 3. The fourth-order valence-electron chi connectivity index (χ4n) is 6.20. The zero-order valence-corrected chi connectivity index (χ0v) is 20.1. The van der Waals surface area contributed by atoms with Crippen molar-refractivity contribution >= 4 is 21.8 Å². The van der Waals surface area contributed by atoms with E-state index < -0.39 is 0 Å². The third-order valence-electron chi connectivity index (χ3n) is 7.90. The molecular formula is C33H27N3. The molecule has 0 spiro atoms. The Hall–Kier alpha value is -4.24. The molecule has 6 aromatic rings. The lowest BCUT2D eigenvalue weighted by Gasteiger charge is -2.29. The third kappa shape index (κ3) is 3.27. The van der Waals surface area contributed by atoms with Gasteiger partial charge in [-0.25, -0.2) is 0 Å². The molecule has 0 saturated heterocycles. The maximum atomic E-state index is 4.84. The number of rotatable bonds is 4. The molecule has 0 atom stereocenters. The second-order valence-electron chi connectivity index (χ2n) is 9.85. The van der Waals surface area contributed by atoms with Gasteiger partial charge in [0.25, 0.3) is 0 Å². The molecular weight excluding hydrogens is 438 g/mol. The average Bonchev–Trinajstić information content (AvgIpc) is 3.58. The van der Waals surface area contributed by atoms with E-state index in [1.54, 1.807) is 0 Å². The molecule has 1 aliphatic carbocycles. The van der Waals surface area contributed by atoms with Gasteiger partial charge in [-0.2, -0.15) is 0 Å². The summed E-state index contributed by atoms with van der Waals surface area (Å²) in [5, 5.41) is 2.56. The highest BCUT2D eigenvalue weighted by molar-refractivity contribution is 6.09. The largest absolute Gasteiger partial charge is 0.309 e. The molecule has 1 aliphatic rings. The Balaban J connectivity index is 1.48. The van der Waals surface area contributed by atoms with Gasteiger partial charge in [0.05, 0.1) is 22.4 Å². The smallest absolute Gasteiger partial charge is 0.0702 e. The fourth-order valence-corrected chi connectivity index (χ4v) is 6.20. The van der Waals surface area contributed by atoms with Gasteiger partial charge in [0.2, 0.25) is 0 Å². The van der Waals surface area contributed by atoms with Crippen molar-refractivity contribution in [2.45, 2.75) is 31.1 Å². The van der Waals surface area contributed by atoms with Crippen molar-refractivity contribution in [1.29, 1.82) is 0 Å². The van der Waals surface area contributed by atoms with Crippen LogP contribution < -0.4 is 0 Å². The predicted molar refractivity (Wildman–Crippen MR) is 147 cm³/mol. The van der Waals surface area contributed by atoms with E-state index in [0.717, 1.165) is 29.8 Å². The molecule has 3 aromatic carbocycles. The highest BCUT2D eigenvalue weighted by Gasteiger charge is 2.38. The Morgan fingerprint density at radius 2 is 1.39 bits per heavy atom. The Kier molecular flexibility index (Phi) is 4.95. The van der Waals surface area contributed by atoms with Gasteiger partial charge in [-0.15, -0.1) is 0 Å². The Morgan fingerprint density at radius 1 is 0.611 bits per heavy atom. The van der Waals surface area contributed by atoms with Crippen molar-refractivity contribution in [2.75, 3.05) is 0 Å². The number of pyridine rings is 2. The number of hydrogen-bond acceptors (Lipinski definition) is 2. The van der Waals surface area contributed by atoms with Gasteiger partial charge in [0.1, 0.15) is 0 Å². The molecule has 7 rings (SSSR count). The second-order valence-corrected chi connectivity index (χ2v) is 9.85. The summed E-state index contributed by atoms with van der Waals surface area (Å²) in [6.07, 6.45) is 8.56. The van der Waals surface area contributed by atoms with Crippen molar-refractivity contribution in [3.63, 3.8) is 0 Å². The first kappa shape index (κ1) is 21.1. The topological polar surface area (TPSA) is 30.7 Å². The number of nitrogens with zero attached hydrogens (tertiary/aromatic N) is 3. The standard InChI is InChI=1S/C33H27N3/c1-2-14-30-27(12-1)28-17-16-25(33(18-5-6-19-33)32-15-4-8-21-35-32)23-31(28)36(30)26-11-9-10-24(22-26)29-13-3-7-20-34-29/h1-4,7-17,20-23H,5-6,18-19H2. The molecule has 0 aliphatic heterocycles. The summed E-state index contributed by atoms with van der Waals surface area (Å²) in [5.74, 6) is 0. The average molecular weight is 466 g/mol. The summed E-state index contributed by atoms with van der Waals surface area (Å²) < 4.78 is 2.42. The third-order valence-corrected chi connectivity index (χ3v) is 7.90. The van der Waals surface area contributed by atoms with Gasteiger partial charge in [-0.1, -0.05) is 67.4 Å². The Bertz CT molecular complexity index is 1680. The van der Waals surface area contributed by atoms with Crippen LogP contribution in [0.4, 0.5) is 0 Å². The zero-order chi connectivity index (χ0) is 24.0. The first-order valence-electron chi connectivity index (χ1n) is 12.8. The van der Waals surface area contributed by atoms with E-state index >= 15 is 0 Å². The molecule has 1 saturated carbocycles. The minimum absolute atomic E-state index is 0.0213. The highest BCUT2D eigenvalue weighted by Crippen LogP contribution is 2.47. The van der Waals surface area contributed by atoms with Crippen LogP contribution in [-0.4, -0.2) is 14.5 Å². The van der Waals surface area contributed by atoms with Crippen LogP contribution in [0.15, 0.2) is 116 Å². The summed E-state index contributed by atoms with van der Waals surface area (Å²) in [7, 11) is 0. The molecule has 1 fully saturated rings. The number of aromatic nitrogens is 3. The molecule has 3 aromatic heterocycles. The van der Waals surface area contributed by atoms with E-state index in [4.69, 9.17) is 4.98 Å². The molecule has 3 nitrogen and oxygen atoms in total. The SMILES string of the molecule is c1ccc(-c2cccc(-n3c4ccccc4c4ccc(C5(c6ccccn6)CCCC5)cc43)c2)nc1. The van der Waals surface area contributed by atoms with Crippen LogP contribution in [0.2, 0.25) is 0 Å². The van der Waals surface area contributed by atoms with Gasteiger partial charge >= 0.3 is 0 Å². The van der Waals surface area contributed by atoms with Crippen molar-refractivity contribution in [1.82, 2.24) is 14.5 Å². The molecule has 0 bridgehead atoms. The van der Waals surface area contributed by atoms with Gasteiger partial charge in [-0.05, 0) is 66.9 Å². The van der Waals surface area contributed by atoms with E-state index in [1.807, 2.05) is 30.6 Å². The fraction of sp³-hybridized carbons (Fsp3) is 0.152. The van der Waals surface area contributed by atoms with E-state index in [0.29, 0.717) is 0 Å². The van der Waals surface area contributed by atoms with E-state index in [9.17, 15) is 0 Å². The van der Waals surface area contributed by atoms with Crippen LogP contribution in [0.25, 0.3) is 38.8 Å². The van der Waals surface area contributed by atoms with Crippen LogP contribution in [0, 0.1) is 0 Å². The normalized spacial score (nSPS) is 15.0. The summed E-state index contributed by atoms with van der Waals surface area (Å²) in [6, 6.07) is 37.0. The van der Waals surface area contributed by atoms with Crippen LogP contribution in [0.3, 0.4) is 0 Å². The predicted octanol–water partition coefficient (Wildman–Crippen LogP) is 8.10. The van der Waals surface area contributed by atoms with Crippen LogP contribution >= 0.6 is 0 Å². The molecule has 36 heavy (non-hydrogen) atoms. The van der Waals surface area contributed by atoms with Crippen LogP contribution in [0.1, 0.15) is 36.9 Å². The van der Waals surface area contributed by atoms with Gasteiger partial charge in [0.15, 0.2) is 0 Å². The van der Waals surface area contributed by atoms with E-state index in [1.165, 1.54) is 45.9 Å². The number of para-hydroxylation sites is 1. The maximum Gasteiger partial charge on any atom is 0.0702 e. The minimum Gasteiger partial charge on any atom is -0.309 e. The van der Waals surface area contributed by atoms with E-state index in [2.05, 4.69) is 94.5 Å². The molecule has 0 N–H and O–H groups in total. The minimum atomic E-state index is -0.0213. The molecule has 0 amide bonds. The van der Waals surface area contributed by atoms with E-state index in [-0.39, 0.29) is 5.41 Å². The molecule has 3 heterocycles. The molecule has 174 valence electrons. The maximum absolute atomic E-state index is 4.84. The second kappa shape index (κ2) is 8.46. The lowest BCUT2D eigenvalue weighted by atomic mass is 9.75. The summed E-state index contributed by atoms with van der Waals surface area (Å²) in [6.45, 7) is 0. The molecule has 0 radical (unpaired) electrons. The van der Waals surface area contributed by atoms with Crippen molar-refractivity contribution < 1.29 is 0 Å². The van der Waals surface area contributed by atoms with Crippen molar-refractivity contribution in [3.05, 3.63) is 127 Å². The first-order chi connectivity index (χ1) is 17.8. The van der Waals surface area contributed by atoms with Crippen LogP contribution in [0.5, 0.6) is 0 Å². The van der Waals surface area contributed by atoms with Crippen molar-refractivity contribution in [3.8, 4) is 16.9 Å². The lowest BCUT2D eigenvalue weighted by molar-refractivity contribution is 0.519. The summed E-state index contributed by atoms with van der Waals surface area (Å²) in [4.78, 5) is 9.43. The van der Waals surface area contributed by atoms with Gasteiger partial charge in [-0.3, -0.25) is 9.97 Å². The van der Waals surface area contributed by atoms with Crippen LogP contribution in [-0.2, 0) is 5.41 Å². The highest BCUT2D eigenvalue weighted by atomic mass is 15.0. The number of fused-ring (bicyclic) bond motifs is 3. The molecule has 0 unspecified atom stereocenters. The number of hydrogen-bond donors (Lipinski definition) is 0. The van der Waals surface area contributed by atoms with Gasteiger partial charge < -0.3 is 4.57 Å². The van der Waals surface area contributed by atoms with Gasteiger partial charge in [0, 0.05) is 39.8 Å². The Morgan fingerprint density at radius 3 is 2.19 bits per heavy atom. The zero-order valence-electron chi connectivity index (χ0n) is 20.1. The first-order valence-corrected chi connectivity index (χ1v) is 12.8. The molecule has 3 heteroatoms. The summed E-state index contributed by atoms with van der Waals surface area (Å²) >= 11 is 0. The Labute approximate surface area is 211 Å². The summed E-state index contributed by atoms with van der Waals surface area (Å²) in [5.41, 5.74) is 8.27. The van der Waals surface area contributed by atoms with Crippen molar-refractivity contribution in [2.24, 2.45) is 0 Å². The lowest BCUT2D eigenvalue weighted by Crippen LogP contribution is -2.25. The quantitative estimate of drug-likeness (QED) is 0.263.